The number of pyridine rings is 2. The standard InChI is InChI=1S/C27H26ClN5O2/c1-35-21-9-7-17(8-10-21)16-32-24-12-19(18-11-22-23(28)15-30-25(22)29-13-18)14-31-26(24)33(27(32)34)20-5-3-2-4-6-20/h2-6,11-15,17,21H,7-10,16H2,1H3,(H,29,30). The van der Waals surface area contributed by atoms with Crippen molar-refractivity contribution in [1.29, 1.82) is 0 Å². The summed E-state index contributed by atoms with van der Waals surface area (Å²) in [5.41, 5.74) is 4.77. The van der Waals surface area contributed by atoms with E-state index in [0.29, 0.717) is 29.2 Å². The van der Waals surface area contributed by atoms with Gasteiger partial charge in [0.05, 0.1) is 22.3 Å². The summed E-state index contributed by atoms with van der Waals surface area (Å²) in [6, 6.07) is 13.8. The van der Waals surface area contributed by atoms with Crippen LogP contribution < -0.4 is 5.69 Å². The van der Waals surface area contributed by atoms with Crippen molar-refractivity contribution in [2.45, 2.75) is 38.3 Å². The summed E-state index contributed by atoms with van der Waals surface area (Å²) in [4.78, 5) is 26.1. The maximum absolute atomic E-state index is 13.7. The van der Waals surface area contributed by atoms with Gasteiger partial charge in [0.1, 0.15) is 5.65 Å². The van der Waals surface area contributed by atoms with Crippen LogP contribution in [-0.4, -0.2) is 37.3 Å². The average molecular weight is 488 g/mol. The smallest absolute Gasteiger partial charge is 0.334 e. The minimum Gasteiger partial charge on any atom is -0.381 e. The number of ether oxygens (including phenoxy) is 1. The van der Waals surface area contributed by atoms with Gasteiger partial charge in [0.15, 0.2) is 5.65 Å². The van der Waals surface area contributed by atoms with Gasteiger partial charge in [-0.3, -0.25) is 4.57 Å². The maximum Gasteiger partial charge on any atom is 0.334 e. The van der Waals surface area contributed by atoms with E-state index in [4.69, 9.17) is 21.3 Å². The lowest BCUT2D eigenvalue weighted by Crippen LogP contribution is -2.29. The molecule has 0 amide bonds. The molecule has 4 aromatic heterocycles. The normalized spacial score (nSPS) is 18.5. The summed E-state index contributed by atoms with van der Waals surface area (Å²) >= 11 is 6.33. The minimum atomic E-state index is -0.0630. The van der Waals surface area contributed by atoms with Gasteiger partial charge in [0.2, 0.25) is 0 Å². The first-order chi connectivity index (χ1) is 17.1. The van der Waals surface area contributed by atoms with E-state index in [1.54, 1.807) is 30.3 Å². The van der Waals surface area contributed by atoms with Gasteiger partial charge < -0.3 is 9.72 Å². The molecule has 1 aliphatic carbocycles. The Morgan fingerprint density at radius 2 is 1.80 bits per heavy atom. The highest BCUT2D eigenvalue weighted by Gasteiger charge is 2.24. The van der Waals surface area contributed by atoms with Gasteiger partial charge in [0.25, 0.3) is 0 Å². The molecule has 1 aliphatic rings. The van der Waals surface area contributed by atoms with Crippen molar-refractivity contribution in [2.24, 2.45) is 5.92 Å². The Balaban J connectivity index is 1.47. The Hall–Kier alpha value is -3.42. The third-order valence-electron chi connectivity index (χ3n) is 7.17. The molecule has 0 aliphatic heterocycles. The van der Waals surface area contributed by atoms with E-state index >= 15 is 0 Å². The third kappa shape index (κ3) is 3.94. The summed E-state index contributed by atoms with van der Waals surface area (Å²) in [5.74, 6) is 0.425. The predicted octanol–water partition coefficient (Wildman–Crippen LogP) is 5.59. The number of rotatable bonds is 5. The lowest BCUT2D eigenvalue weighted by Gasteiger charge is -2.27. The van der Waals surface area contributed by atoms with Crippen LogP contribution in [0.4, 0.5) is 0 Å². The first-order valence-electron chi connectivity index (χ1n) is 11.9. The Labute approximate surface area is 207 Å². The van der Waals surface area contributed by atoms with Crippen molar-refractivity contribution >= 4 is 33.8 Å². The van der Waals surface area contributed by atoms with Crippen LogP contribution in [0, 0.1) is 5.92 Å². The molecule has 1 fully saturated rings. The molecule has 1 N–H and O–H groups in total. The first kappa shape index (κ1) is 22.1. The molecule has 8 heteroatoms. The van der Waals surface area contributed by atoms with Crippen LogP contribution in [0.3, 0.4) is 0 Å². The van der Waals surface area contributed by atoms with Crippen LogP contribution in [0.15, 0.2) is 65.8 Å². The lowest BCUT2D eigenvalue weighted by atomic mass is 9.87. The summed E-state index contributed by atoms with van der Waals surface area (Å²) < 4.78 is 9.15. The molecule has 178 valence electrons. The zero-order valence-electron chi connectivity index (χ0n) is 19.4. The van der Waals surface area contributed by atoms with Crippen molar-refractivity contribution < 1.29 is 4.74 Å². The monoisotopic (exact) mass is 487 g/mol. The Bertz CT molecular complexity index is 1560. The van der Waals surface area contributed by atoms with Crippen molar-refractivity contribution in [3.05, 3.63) is 76.6 Å². The summed E-state index contributed by atoms with van der Waals surface area (Å²) in [7, 11) is 1.78. The number of nitrogens with zero attached hydrogens (tertiary/aromatic N) is 4. The number of halogens is 1. The number of methoxy groups -OCH3 is 1. The molecule has 7 nitrogen and oxygen atoms in total. The van der Waals surface area contributed by atoms with Gasteiger partial charge in [0, 0.05) is 48.8 Å². The summed E-state index contributed by atoms with van der Waals surface area (Å²) in [5, 5.41) is 1.49. The SMILES string of the molecule is COC1CCC(Cn2c(=O)n(-c3ccccc3)c3ncc(-c4cnc5[nH]cc(Cl)c5c4)cc32)CC1. The number of benzene rings is 1. The lowest BCUT2D eigenvalue weighted by molar-refractivity contribution is 0.0542. The maximum atomic E-state index is 13.7. The number of para-hydroxylation sites is 1. The molecule has 1 aromatic carbocycles. The second kappa shape index (κ2) is 8.98. The second-order valence-corrected chi connectivity index (χ2v) is 9.67. The topological polar surface area (TPSA) is 77.7 Å². The van der Waals surface area contributed by atoms with Gasteiger partial charge in [-0.15, -0.1) is 0 Å². The van der Waals surface area contributed by atoms with Crippen LogP contribution in [0.2, 0.25) is 5.02 Å². The van der Waals surface area contributed by atoms with E-state index in [-0.39, 0.29) is 5.69 Å². The number of nitrogens with one attached hydrogen (secondary N) is 1. The molecule has 4 heterocycles. The highest BCUT2D eigenvalue weighted by atomic mass is 35.5. The Morgan fingerprint density at radius 3 is 2.57 bits per heavy atom. The van der Waals surface area contributed by atoms with E-state index in [1.807, 2.05) is 47.0 Å². The van der Waals surface area contributed by atoms with Gasteiger partial charge in [-0.05, 0) is 55.9 Å². The fraction of sp³-hybridized carbons (Fsp3) is 0.296. The molecule has 35 heavy (non-hydrogen) atoms. The average Bonchev–Trinajstić information content (AvgIpc) is 3.41. The van der Waals surface area contributed by atoms with Gasteiger partial charge in [-0.2, -0.15) is 0 Å². The van der Waals surface area contributed by atoms with Crippen molar-refractivity contribution in [3.63, 3.8) is 0 Å². The quantitative estimate of drug-likeness (QED) is 0.350. The molecular weight excluding hydrogens is 462 g/mol. The second-order valence-electron chi connectivity index (χ2n) is 9.27. The molecule has 6 rings (SSSR count). The molecular formula is C27H26ClN5O2. The Morgan fingerprint density at radius 1 is 1.06 bits per heavy atom. The molecule has 0 bridgehead atoms. The molecule has 5 aromatic rings. The summed E-state index contributed by atoms with van der Waals surface area (Å²) in [6.07, 6.45) is 9.81. The largest absolute Gasteiger partial charge is 0.381 e. The van der Waals surface area contributed by atoms with Crippen molar-refractivity contribution in [3.8, 4) is 16.8 Å². The number of imidazole rings is 1. The molecule has 0 radical (unpaired) electrons. The molecule has 0 spiro atoms. The minimum absolute atomic E-state index is 0.0630. The first-order valence-corrected chi connectivity index (χ1v) is 12.3. The number of hydrogen-bond acceptors (Lipinski definition) is 4. The fourth-order valence-corrected chi connectivity index (χ4v) is 5.41. The van der Waals surface area contributed by atoms with Gasteiger partial charge >= 0.3 is 5.69 Å². The molecule has 0 unspecified atom stereocenters. The zero-order valence-corrected chi connectivity index (χ0v) is 20.2. The third-order valence-corrected chi connectivity index (χ3v) is 7.48. The van der Waals surface area contributed by atoms with Crippen LogP contribution in [0.1, 0.15) is 25.7 Å². The Kier molecular flexibility index (Phi) is 5.66. The van der Waals surface area contributed by atoms with E-state index in [9.17, 15) is 4.79 Å². The highest BCUT2D eigenvalue weighted by Crippen LogP contribution is 2.31. The van der Waals surface area contributed by atoms with Crippen LogP contribution >= 0.6 is 11.6 Å². The van der Waals surface area contributed by atoms with E-state index in [2.05, 4.69) is 9.97 Å². The molecule has 1 saturated carbocycles. The van der Waals surface area contributed by atoms with Crippen molar-refractivity contribution in [1.82, 2.24) is 24.1 Å². The number of aromatic nitrogens is 5. The molecule has 0 saturated heterocycles. The predicted molar refractivity (Wildman–Crippen MR) is 138 cm³/mol. The summed E-state index contributed by atoms with van der Waals surface area (Å²) in [6.45, 7) is 0.664. The molecule has 0 atom stereocenters. The number of aromatic amines is 1. The van der Waals surface area contributed by atoms with Crippen LogP contribution in [0.5, 0.6) is 0 Å². The fourth-order valence-electron chi connectivity index (χ4n) is 5.21. The van der Waals surface area contributed by atoms with E-state index < -0.39 is 0 Å². The zero-order chi connectivity index (χ0) is 23.9. The number of hydrogen-bond donors (Lipinski definition) is 1. The van der Waals surface area contributed by atoms with E-state index in [0.717, 1.165) is 59.0 Å². The van der Waals surface area contributed by atoms with Gasteiger partial charge in [-0.25, -0.2) is 19.3 Å². The van der Waals surface area contributed by atoms with Gasteiger partial charge in [-0.1, -0.05) is 29.8 Å². The van der Waals surface area contributed by atoms with Crippen molar-refractivity contribution in [2.75, 3.05) is 7.11 Å². The highest BCUT2D eigenvalue weighted by molar-refractivity contribution is 6.35. The van der Waals surface area contributed by atoms with Crippen LogP contribution in [0.25, 0.3) is 39.0 Å². The van der Waals surface area contributed by atoms with E-state index in [1.165, 1.54) is 0 Å². The number of H-pyrrole nitrogens is 1. The van der Waals surface area contributed by atoms with Crippen LogP contribution in [-0.2, 0) is 11.3 Å². The number of fused-ring (bicyclic) bond motifs is 2.